The summed E-state index contributed by atoms with van der Waals surface area (Å²) >= 11 is 3.64. The molecule has 0 amide bonds. The minimum absolute atomic E-state index is 0.294. The molecule has 1 unspecified atom stereocenters. The van der Waals surface area contributed by atoms with Gasteiger partial charge in [0.1, 0.15) is 0 Å². The van der Waals surface area contributed by atoms with Crippen LogP contribution in [0.3, 0.4) is 0 Å². The third-order valence-corrected chi connectivity index (χ3v) is 3.92. The summed E-state index contributed by atoms with van der Waals surface area (Å²) in [5.74, 6) is 0.672. The van der Waals surface area contributed by atoms with Gasteiger partial charge in [0.25, 0.3) is 0 Å². The summed E-state index contributed by atoms with van der Waals surface area (Å²) in [5, 5.41) is 4.58. The molecular formula is C14H25BrN2O. The van der Waals surface area contributed by atoms with Crippen molar-refractivity contribution in [2.24, 2.45) is 5.92 Å². The Morgan fingerprint density at radius 1 is 1.28 bits per heavy atom. The van der Waals surface area contributed by atoms with E-state index in [0.717, 1.165) is 35.2 Å². The van der Waals surface area contributed by atoms with E-state index in [-0.39, 0.29) is 0 Å². The van der Waals surface area contributed by atoms with Crippen molar-refractivity contribution in [3.05, 3.63) is 15.9 Å². The lowest BCUT2D eigenvalue weighted by Gasteiger charge is -2.15. The molecule has 0 N–H and O–H groups in total. The molecule has 0 bridgehead atoms. The summed E-state index contributed by atoms with van der Waals surface area (Å²) in [5.41, 5.74) is 2.27. The molecule has 0 spiro atoms. The molecular weight excluding hydrogens is 292 g/mol. The van der Waals surface area contributed by atoms with Crippen molar-refractivity contribution in [3.63, 3.8) is 0 Å². The van der Waals surface area contributed by atoms with Crippen LogP contribution in [0.5, 0.6) is 0 Å². The molecule has 1 atom stereocenters. The van der Waals surface area contributed by atoms with Gasteiger partial charge >= 0.3 is 0 Å². The highest BCUT2D eigenvalue weighted by Gasteiger charge is 2.15. The van der Waals surface area contributed by atoms with Crippen molar-refractivity contribution in [3.8, 4) is 0 Å². The lowest BCUT2D eigenvalue weighted by molar-refractivity contribution is 0.0356. The van der Waals surface area contributed by atoms with E-state index in [0.29, 0.717) is 18.6 Å². The fourth-order valence-corrected chi connectivity index (χ4v) is 2.79. The average Bonchev–Trinajstić information content (AvgIpc) is 2.62. The molecule has 0 aliphatic heterocycles. The van der Waals surface area contributed by atoms with Crippen molar-refractivity contribution in [1.29, 1.82) is 0 Å². The topological polar surface area (TPSA) is 27.1 Å². The molecule has 0 saturated carbocycles. The van der Waals surface area contributed by atoms with Crippen LogP contribution in [-0.4, -0.2) is 15.9 Å². The van der Waals surface area contributed by atoms with Gasteiger partial charge in [-0.25, -0.2) is 0 Å². The maximum atomic E-state index is 5.93. The van der Waals surface area contributed by atoms with Crippen molar-refractivity contribution < 1.29 is 4.74 Å². The second kappa shape index (κ2) is 7.29. The second-order valence-electron chi connectivity index (χ2n) is 5.13. The highest BCUT2D eigenvalue weighted by atomic mass is 79.9. The summed E-state index contributed by atoms with van der Waals surface area (Å²) in [6.07, 6.45) is 2.34. The Bertz CT molecular complexity index is 374. The first-order chi connectivity index (χ1) is 8.49. The van der Waals surface area contributed by atoms with Crippen LogP contribution in [0.2, 0.25) is 0 Å². The molecule has 104 valence electrons. The van der Waals surface area contributed by atoms with E-state index in [2.05, 4.69) is 55.6 Å². The summed E-state index contributed by atoms with van der Waals surface area (Å²) in [7, 11) is 0. The van der Waals surface area contributed by atoms with Gasteiger partial charge in [-0.1, -0.05) is 20.8 Å². The van der Waals surface area contributed by atoms with E-state index in [4.69, 9.17) is 4.74 Å². The van der Waals surface area contributed by atoms with Crippen LogP contribution in [0.1, 0.15) is 52.4 Å². The summed E-state index contributed by atoms with van der Waals surface area (Å²) in [4.78, 5) is 0. The maximum Gasteiger partial charge on any atom is 0.0899 e. The van der Waals surface area contributed by atoms with Crippen LogP contribution in [0, 0.1) is 5.92 Å². The average molecular weight is 317 g/mol. The van der Waals surface area contributed by atoms with Gasteiger partial charge in [-0.3, -0.25) is 4.68 Å². The second-order valence-corrected chi connectivity index (χ2v) is 5.92. The van der Waals surface area contributed by atoms with Gasteiger partial charge < -0.3 is 4.74 Å². The van der Waals surface area contributed by atoms with E-state index in [9.17, 15) is 0 Å². The Morgan fingerprint density at radius 2 is 1.94 bits per heavy atom. The third-order valence-electron chi connectivity index (χ3n) is 3.00. The number of nitrogens with zero attached hydrogens (tertiary/aromatic N) is 2. The predicted octanol–water partition coefficient (Wildman–Crippen LogP) is 4.18. The molecule has 4 heteroatoms. The minimum Gasteiger partial charge on any atom is -0.372 e. The zero-order valence-corrected chi connectivity index (χ0v) is 13.7. The van der Waals surface area contributed by atoms with Gasteiger partial charge in [-0.15, -0.1) is 0 Å². The number of aromatic nitrogens is 2. The lowest BCUT2D eigenvalue weighted by atomic mass is 10.1. The number of rotatable bonds is 7. The van der Waals surface area contributed by atoms with Gasteiger partial charge in [0.05, 0.1) is 28.6 Å². The van der Waals surface area contributed by atoms with Crippen LogP contribution < -0.4 is 0 Å². The SMILES string of the molecule is CCc1nn(CC)c(COC(C)CC(C)C)c1Br. The van der Waals surface area contributed by atoms with Crippen LogP contribution in [0.25, 0.3) is 0 Å². The van der Waals surface area contributed by atoms with Gasteiger partial charge in [0.15, 0.2) is 0 Å². The quantitative estimate of drug-likeness (QED) is 0.754. The zero-order valence-electron chi connectivity index (χ0n) is 12.2. The Morgan fingerprint density at radius 3 is 2.44 bits per heavy atom. The van der Waals surface area contributed by atoms with E-state index in [1.54, 1.807) is 0 Å². The molecule has 1 rings (SSSR count). The normalized spacial score (nSPS) is 13.3. The van der Waals surface area contributed by atoms with Crippen LogP contribution in [-0.2, 0) is 24.3 Å². The van der Waals surface area contributed by atoms with Gasteiger partial charge in [0.2, 0.25) is 0 Å². The molecule has 18 heavy (non-hydrogen) atoms. The largest absolute Gasteiger partial charge is 0.372 e. The number of halogens is 1. The Labute approximate surface area is 119 Å². The third kappa shape index (κ3) is 4.09. The first-order valence-corrected chi connectivity index (χ1v) is 7.64. The number of aryl methyl sites for hydroxylation is 2. The summed E-state index contributed by atoms with van der Waals surface area (Å²) in [6.45, 7) is 12.3. The molecule has 1 heterocycles. The number of hydrogen-bond acceptors (Lipinski definition) is 2. The fourth-order valence-electron chi connectivity index (χ4n) is 2.11. The van der Waals surface area contributed by atoms with Crippen molar-refractivity contribution in [2.75, 3.05) is 0 Å². The first kappa shape index (κ1) is 15.7. The van der Waals surface area contributed by atoms with E-state index in [1.165, 1.54) is 0 Å². The molecule has 3 nitrogen and oxygen atoms in total. The molecule has 0 saturated heterocycles. The highest BCUT2D eigenvalue weighted by Crippen LogP contribution is 2.23. The van der Waals surface area contributed by atoms with E-state index >= 15 is 0 Å². The molecule has 1 aromatic heterocycles. The van der Waals surface area contributed by atoms with Crippen molar-refractivity contribution in [1.82, 2.24) is 9.78 Å². The molecule has 1 aromatic rings. The van der Waals surface area contributed by atoms with E-state index < -0.39 is 0 Å². The van der Waals surface area contributed by atoms with Gasteiger partial charge in [0, 0.05) is 6.54 Å². The molecule has 0 aromatic carbocycles. The molecule has 0 fully saturated rings. The summed E-state index contributed by atoms with van der Waals surface area (Å²) in [6, 6.07) is 0. The molecule has 0 radical (unpaired) electrons. The van der Waals surface area contributed by atoms with Crippen LogP contribution in [0.15, 0.2) is 4.47 Å². The van der Waals surface area contributed by atoms with Crippen LogP contribution >= 0.6 is 15.9 Å². The highest BCUT2D eigenvalue weighted by molar-refractivity contribution is 9.10. The van der Waals surface area contributed by atoms with Gasteiger partial charge in [-0.05, 0) is 48.5 Å². The molecule has 0 aliphatic rings. The monoisotopic (exact) mass is 316 g/mol. The molecule has 0 aliphatic carbocycles. The first-order valence-electron chi connectivity index (χ1n) is 6.85. The Hall–Kier alpha value is -0.350. The van der Waals surface area contributed by atoms with Crippen molar-refractivity contribution in [2.45, 2.75) is 66.7 Å². The van der Waals surface area contributed by atoms with Crippen molar-refractivity contribution >= 4 is 15.9 Å². The van der Waals surface area contributed by atoms with E-state index in [1.807, 2.05) is 4.68 Å². The maximum absolute atomic E-state index is 5.93. The predicted molar refractivity (Wildman–Crippen MR) is 78.7 cm³/mol. The standard InChI is InChI=1S/C14H25BrN2O/c1-6-12-14(15)13(17(7-2)16-12)9-18-11(5)8-10(3)4/h10-11H,6-9H2,1-5H3. The van der Waals surface area contributed by atoms with Crippen LogP contribution in [0.4, 0.5) is 0 Å². The Kier molecular flexibility index (Phi) is 6.36. The van der Waals surface area contributed by atoms with Gasteiger partial charge in [-0.2, -0.15) is 5.10 Å². The fraction of sp³-hybridized carbons (Fsp3) is 0.786. The summed E-state index contributed by atoms with van der Waals surface area (Å²) < 4.78 is 9.08. The smallest absolute Gasteiger partial charge is 0.0899 e. The number of ether oxygens (including phenoxy) is 1. The number of hydrogen-bond donors (Lipinski definition) is 0. The zero-order chi connectivity index (χ0) is 13.7. The Balaban J connectivity index is 2.69. The minimum atomic E-state index is 0.294. The lowest BCUT2D eigenvalue weighted by Crippen LogP contribution is -2.13.